The van der Waals surface area contributed by atoms with Crippen LogP contribution in [0, 0.1) is 13.8 Å². The average molecular weight is 386 g/mol. The van der Waals surface area contributed by atoms with Gasteiger partial charge in [0, 0.05) is 10.6 Å². The number of halogens is 1. The number of hydrogen-bond acceptors (Lipinski definition) is 5. The van der Waals surface area contributed by atoms with Gasteiger partial charge in [0.15, 0.2) is 6.10 Å². The lowest BCUT2D eigenvalue weighted by atomic mass is 10.1. The Morgan fingerprint density at radius 1 is 1.19 bits per heavy atom. The molecule has 1 heterocycles. The third-order valence-electron chi connectivity index (χ3n) is 4.14. The molecule has 0 fully saturated rings. The van der Waals surface area contributed by atoms with E-state index in [0.717, 1.165) is 11.1 Å². The highest BCUT2D eigenvalue weighted by molar-refractivity contribution is 6.30. The number of carbonyl (C=O) groups excluding carboxylic acids is 1. The van der Waals surface area contributed by atoms with E-state index >= 15 is 0 Å². The third-order valence-corrected chi connectivity index (χ3v) is 4.40. The molecule has 0 aliphatic carbocycles. The molecule has 1 aromatic heterocycles. The fraction of sp³-hybridized carbons (Fsp3) is 0.250. The Bertz CT molecular complexity index is 938. The summed E-state index contributed by atoms with van der Waals surface area (Å²) in [7, 11) is 0. The second kappa shape index (κ2) is 8.22. The highest BCUT2D eigenvalue weighted by atomic mass is 35.5. The van der Waals surface area contributed by atoms with Crippen molar-refractivity contribution < 1.29 is 14.1 Å². The van der Waals surface area contributed by atoms with Crippen LogP contribution in [0.4, 0.5) is 0 Å². The first-order chi connectivity index (χ1) is 12.9. The predicted molar refractivity (Wildman–Crippen MR) is 103 cm³/mol. The molecule has 27 heavy (non-hydrogen) atoms. The first kappa shape index (κ1) is 18.9. The quantitative estimate of drug-likeness (QED) is 0.691. The van der Waals surface area contributed by atoms with E-state index in [-0.39, 0.29) is 12.5 Å². The first-order valence-corrected chi connectivity index (χ1v) is 8.90. The maximum Gasteiger partial charge on any atom is 0.261 e. The van der Waals surface area contributed by atoms with Crippen molar-refractivity contribution in [1.29, 1.82) is 0 Å². The maximum atomic E-state index is 12.2. The van der Waals surface area contributed by atoms with Gasteiger partial charge in [-0.25, -0.2) is 0 Å². The summed E-state index contributed by atoms with van der Waals surface area (Å²) in [6.45, 7) is 5.84. The van der Waals surface area contributed by atoms with Crippen LogP contribution in [0.3, 0.4) is 0 Å². The SMILES string of the molecule is Cc1ccc(OC(C)C(=O)NCc2nc(-c3ccc(Cl)cc3)no2)cc1C. The van der Waals surface area contributed by atoms with E-state index in [9.17, 15) is 4.79 Å². The zero-order valence-corrected chi connectivity index (χ0v) is 16.1. The van der Waals surface area contributed by atoms with Crippen LogP contribution in [0.25, 0.3) is 11.4 Å². The molecule has 0 bridgehead atoms. The standard InChI is InChI=1S/C20H20ClN3O3/c1-12-4-9-17(10-13(12)2)26-14(3)20(25)22-11-18-23-19(24-27-18)15-5-7-16(21)8-6-15/h4-10,14H,11H2,1-3H3,(H,22,25). The Morgan fingerprint density at radius 3 is 2.63 bits per heavy atom. The molecule has 7 heteroatoms. The number of ether oxygens (including phenoxy) is 1. The van der Waals surface area contributed by atoms with Gasteiger partial charge in [0.1, 0.15) is 5.75 Å². The van der Waals surface area contributed by atoms with Crippen molar-refractivity contribution in [3.8, 4) is 17.1 Å². The van der Waals surface area contributed by atoms with Gasteiger partial charge in [-0.15, -0.1) is 0 Å². The summed E-state index contributed by atoms with van der Waals surface area (Å²) in [4.78, 5) is 16.5. The molecule has 0 aliphatic rings. The van der Waals surface area contributed by atoms with Crippen molar-refractivity contribution in [2.75, 3.05) is 0 Å². The molecule has 3 rings (SSSR count). The number of nitrogens with one attached hydrogen (secondary N) is 1. The fourth-order valence-electron chi connectivity index (χ4n) is 2.39. The molecule has 1 unspecified atom stereocenters. The highest BCUT2D eigenvalue weighted by Crippen LogP contribution is 2.19. The molecule has 0 aliphatic heterocycles. The van der Waals surface area contributed by atoms with Crippen LogP contribution >= 0.6 is 11.6 Å². The minimum absolute atomic E-state index is 0.125. The zero-order chi connectivity index (χ0) is 19.4. The first-order valence-electron chi connectivity index (χ1n) is 8.52. The maximum absolute atomic E-state index is 12.2. The summed E-state index contributed by atoms with van der Waals surface area (Å²) >= 11 is 5.87. The zero-order valence-electron chi connectivity index (χ0n) is 15.3. The molecule has 0 radical (unpaired) electrons. The van der Waals surface area contributed by atoms with Gasteiger partial charge in [0.05, 0.1) is 6.54 Å². The van der Waals surface area contributed by atoms with Crippen LogP contribution in [0.1, 0.15) is 23.9 Å². The van der Waals surface area contributed by atoms with Crippen LogP contribution < -0.4 is 10.1 Å². The normalized spacial score (nSPS) is 11.9. The van der Waals surface area contributed by atoms with Crippen LogP contribution in [0.2, 0.25) is 5.02 Å². The largest absolute Gasteiger partial charge is 0.481 e. The van der Waals surface area contributed by atoms with Gasteiger partial charge in [-0.05, 0) is 68.3 Å². The van der Waals surface area contributed by atoms with Gasteiger partial charge in [-0.1, -0.05) is 22.8 Å². The monoisotopic (exact) mass is 385 g/mol. The summed E-state index contributed by atoms with van der Waals surface area (Å²) in [5, 5.41) is 7.28. The minimum Gasteiger partial charge on any atom is -0.481 e. The van der Waals surface area contributed by atoms with Crippen LogP contribution in [0.5, 0.6) is 5.75 Å². The number of carbonyl (C=O) groups is 1. The number of aromatic nitrogens is 2. The second-order valence-corrected chi connectivity index (χ2v) is 6.68. The Kier molecular flexibility index (Phi) is 5.76. The molecule has 0 spiro atoms. The Labute approximate surface area is 162 Å². The topological polar surface area (TPSA) is 77.2 Å². The Morgan fingerprint density at radius 2 is 1.93 bits per heavy atom. The van der Waals surface area contributed by atoms with Crippen LogP contribution in [-0.2, 0) is 11.3 Å². The summed E-state index contributed by atoms with van der Waals surface area (Å²) in [6.07, 6.45) is -0.647. The molecule has 1 atom stereocenters. The smallest absolute Gasteiger partial charge is 0.261 e. The summed E-state index contributed by atoms with van der Waals surface area (Å²) in [5.41, 5.74) is 3.07. The molecular weight excluding hydrogens is 366 g/mol. The molecule has 1 N–H and O–H groups in total. The van der Waals surface area contributed by atoms with E-state index in [1.165, 1.54) is 5.56 Å². The van der Waals surface area contributed by atoms with Gasteiger partial charge in [0.25, 0.3) is 5.91 Å². The minimum atomic E-state index is -0.647. The number of benzene rings is 2. The van der Waals surface area contributed by atoms with E-state index in [2.05, 4.69) is 15.5 Å². The molecule has 6 nitrogen and oxygen atoms in total. The lowest BCUT2D eigenvalue weighted by Gasteiger charge is -2.15. The predicted octanol–water partition coefficient (Wildman–Crippen LogP) is 4.09. The second-order valence-electron chi connectivity index (χ2n) is 6.24. The summed E-state index contributed by atoms with van der Waals surface area (Å²) in [6, 6.07) is 12.8. The third kappa shape index (κ3) is 4.86. The summed E-state index contributed by atoms with van der Waals surface area (Å²) < 4.78 is 10.9. The molecule has 1 amide bonds. The van der Waals surface area contributed by atoms with E-state index in [1.807, 2.05) is 32.0 Å². The van der Waals surface area contributed by atoms with Gasteiger partial charge >= 0.3 is 0 Å². The lowest BCUT2D eigenvalue weighted by molar-refractivity contribution is -0.127. The molecule has 2 aromatic carbocycles. The molecule has 0 saturated carbocycles. The number of aryl methyl sites for hydroxylation is 2. The average Bonchev–Trinajstić information content (AvgIpc) is 3.12. The van der Waals surface area contributed by atoms with Gasteiger partial charge in [-0.3, -0.25) is 4.79 Å². The van der Waals surface area contributed by atoms with E-state index in [1.54, 1.807) is 31.2 Å². The van der Waals surface area contributed by atoms with Crippen molar-refractivity contribution in [2.45, 2.75) is 33.4 Å². The van der Waals surface area contributed by atoms with E-state index < -0.39 is 6.10 Å². The Hall–Kier alpha value is -2.86. The Balaban J connectivity index is 1.55. The van der Waals surface area contributed by atoms with Crippen molar-refractivity contribution in [1.82, 2.24) is 15.5 Å². The van der Waals surface area contributed by atoms with Crippen molar-refractivity contribution in [3.63, 3.8) is 0 Å². The van der Waals surface area contributed by atoms with Gasteiger partial charge < -0.3 is 14.6 Å². The van der Waals surface area contributed by atoms with Crippen molar-refractivity contribution in [3.05, 3.63) is 64.5 Å². The van der Waals surface area contributed by atoms with Gasteiger partial charge in [-0.2, -0.15) is 4.98 Å². The van der Waals surface area contributed by atoms with Crippen molar-refractivity contribution in [2.24, 2.45) is 0 Å². The van der Waals surface area contributed by atoms with E-state index in [4.69, 9.17) is 20.9 Å². The highest BCUT2D eigenvalue weighted by Gasteiger charge is 2.16. The molecule has 3 aromatic rings. The molecule has 0 saturated heterocycles. The lowest BCUT2D eigenvalue weighted by Crippen LogP contribution is -2.36. The van der Waals surface area contributed by atoms with Crippen LogP contribution in [0.15, 0.2) is 47.0 Å². The number of hydrogen-bond donors (Lipinski definition) is 1. The number of amides is 1. The summed E-state index contributed by atoms with van der Waals surface area (Å²) in [5.74, 6) is 1.14. The number of rotatable bonds is 6. The van der Waals surface area contributed by atoms with Gasteiger partial charge in [0.2, 0.25) is 11.7 Å². The number of nitrogens with zero attached hydrogens (tertiary/aromatic N) is 2. The van der Waals surface area contributed by atoms with Crippen molar-refractivity contribution >= 4 is 17.5 Å². The molecular formula is C20H20ClN3O3. The fourth-order valence-corrected chi connectivity index (χ4v) is 2.52. The van der Waals surface area contributed by atoms with E-state index in [0.29, 0.717) is 22.5 Å². The molecule has 140 valence electrons. The van der Waals surface area contributed by atoms with Crippen LogP contribution in [-0.4, -0.2) is 22.2 Å².